The van der Waals surface area contributed by atoms with Crippen LogP contribution in [0.15, 0.2) is 30.3 Å². The molecule has 2 rings (SSSR count). The van der Waals surface area contributed by atoms with Crippen LogP contribution in [0.1, 0.15) is 37.3 Å². The number of amides is 1. The van der Waals surface area contributed by atoms with Crippen molar-refractivity contribution in [3.05, 3.63) is 35.9 Å². The summed E-state index contributed by atoms with van der Waals surface area (Å²) in [7, 11) is 1.89. The van der Waals surface area contributed by atoms with Gasteiger partial charge in [0.2, 0.25) is 5.91 Å². The van der Waals surface area contributed by atoms with E-state index in [0.717, 1.165) is 12.1 Å². The van der Waals surface area contributed by atoms with Crippen LogP contribution in [0.4, 0.5) is 0 Å². The van der Waals surface area contributed by atoms with Gasteiger partial charge in [0.25, 0.3) is 0 Å². The molecule has 0 aromatic heterocycles. The average molecular weight is 283 g/mol. The molecule has 1 amide bonds. The molecule has 0 heterocycles. The van der Waals surface area contributed by atoms with Gasteiger partial charge in [-0.05, 0) is 24.3 Å². The molecule has 3 nitrogen and oxygen atoms in total. The summed E-state index contributed by atoms with van der Waals surface area (Å²) in [6, 6.07) is 9.63. The predicted octanol–water partition coefficient (Wildman–Crippen LogP) is 2.76. The van der Waals surface area contributed by atoms with Gasteiger partial charge in [0.05, 0.1) is 0 Å². The molecule has 106 valence electrons. The van der Waals surface area contributed by atoms with Crippen LogP contribution in [0.25, 0.3) is 0 Å². The van der Waals surface area contributed by atoms with Gasteiger partial charge in [-0.2, -0.15) is 0 Å². The lowest BCUT2D eigenvalue weighted by atomic mass is 9.85. The summed E-state index contributed by atoms with van der Waals surface area (Å²) in [5, 5.41) is 0. The lowest BCUT2D eigenvalue weighted by Gasteiger charge is -2.30. The van der Waals surface area contributed by atoms with Gasteiger partial charge in [0.15, 0.2) is 0 Å². The smallest absolute Gasteiger partial charge is 0.224 e. The zero-order valence-electron chi connectivity index (χ0n) is 11.4. The van der Waals surface area contributed by atoms with Crippen LogP contribution in [0, 0.1) is 5.92 Å². The number of benzene rings is 1. The van der Waals surface area contributed by atoms with E-state index in [1.807, 2.05) is 42.3 Å². The lowest BCUT2D eigenvalue weighted by molar-refractivity contribution is -0.131. The number of nitrogens with two attached hydrogens (primary N) is 1. The zero-order chi connectivity index (χ0) is 13.0. The summed E-state index contributed by atoms with van der Waals surface area (Å²) < 4.78 is 0. The SMILES string of the molecule is CN(CC1CCC1)C(=O)CC(N)c1ccccc1.Cl. The number of rotatable bonds is 5. The Bertz CT molecular complexity index is 392. The van der Waals surface area contributed by atoms with E-state index >= 15 is 0 Å². The molecule has 1 saturated carbocycles. The van der Waals surface area contributed by atoms with E-state index in [4.69, 9.17) is 5.73 Å². The van der Waals surface area contributed by atoms with Crippen LogP contribution in [0.3, 0.4) is 0 Å². The minimum absolute atomic E-state index is 0. The van der Waals surface area contributed by atoms with Gasteiger partial charge in [-0.3, -0.25) is 4.79 Å². The number of carbonyl (C=O) groups is 1. The van der Waals surface area contributed by atoms with Crippen molar-refractivity contribution in [3.63, 3.8) is 0 Å². The van der Waals surface area contributed by atoms with E-state index in [1.54, 1.807) is 0 Å². The van der Waals surface area contributed by atoms with E-state index in [1.165, 1.54) is 19.3 Å². The van der Waals surface area contributed by atoms with E-state index in [0.29, 0.717) is 12.3 Å². The van der Waals surface area contributed by atoms with Gasteiger partial charge < -0.3 is 10.6 Å². The number of hydrogen-bond acceptors (Lipinski definition) is 2. The monoisotopic (exact) mass is 282 g/mol. The molecule has 1 atom stereocenters. The molecule has 1 aromatic rings. The third-order valence-electron chi connectivity index (χ3n) is 3.80. The summed E-state index contributed by atoms with van der Waals surface area (Å²) in [6.07, 6.45) is 4.24. The van der Waals surface area contributed by atoms with Gasteiger partial charge >= 0.3 is 0 Å². The van der Waals surface area contributed by atoms with Crippen LogP contribution in [0.5, 0.6) is 0 Å². The summed E-state index contributed by atoms with van der Waals surface area (Å²) in [5.74, 6) is 0.866. The Balaban J connectivity index is 0.00000180. The number of nitrogens with zero attached hydrogens (tertiary/aromatic N) is 1. The maximum absolute atomic E-state index is 12.0. The lowest BCUT2D eigenvalue weighted by Crippen LogP contribution is -2.35. The molecule has 0 spiro atoms. The highest BCUT2D eigenvalue weighted by Gasteiger charge is 2.22. The molecule has 2 N–H and O–H groups in total. The largest absolute Gasteiger partial charge is 0.345 e. The van der Waals surface area contributed by atoms with Crippen LogP contribution in [-0.2, 0) is 4.79 Å². The molecular formula is C15H23ClN2O. The molecule has 0 saturated heterocycles. The van der Waals surface area contributed by atoms with Gasteiger partial charge in [-0.15, -0.1) is 12.4 Å². The van der Waals surface area contributed by atoms with E-state index in [2.05, 4.69) is 0 Å². The summed E-state index contributed by atoms with van der Waals surface area (Å²) in [4.78, 5) is 13.9. The maximum Gasteiger partial charge on any atom is 0.224 e. The highest BCUT2D eigenvalue weighted by Crippen LogP contribution is 2.27. The highest BCUT2D eigenvalue weighted by atomic mass is 35.5. The fourth-order valence-corrected chi connectivity index (χ4v) is 2.33. The minimum Gasteiger partial charge on any atom is -0.345 e. The number of hydrogen-bond donors (Lipinski definition) is 1. The molecule has 1 aliphatic carbocycles. The Hall–Kier alpha value is -1.06. The molecule has 1 aliphatic rings. The summed E-state index contributed by atoms with van der Waals surface area (Å²) in [5.41, 5.74) is 7.09. The molecule has 0 radical (unpaired) electrons. The molecule has 1 fully saturated rings. The second-order valence-corrected chi connectivity index (χ2v) is 5.29. The van der Waals surface area contributed by atoms with Crippen molar-refractivity contribution in [2.45, 2.75) is 31.7 Å². The second-order valence-electron chi connectivity index (χ2n) is 5.29. The topological polar surface area (TPSA) is 46.3 Å². The van der Waals surface area contributed by atoms with Crippen LogP contribution >= 0.6 is 12.4 Å². The standard InChI is InChI=1S/C15H22N2O.ClH/c1-17(11-12-6-5-7-12)15(18)10-14(16)13-8-3-2-4-9-13;/h2-4,8-9,12,14H,5-7,10-11,16H2,1H3;1H. The minimum atomic E-state index is -0.192. The first-order chi connectivity index (χ1) is 8.66. The summed E-state index contributed by atoms with van der Waals surface area (Å²) >= 11 is 0. The van der Waals surface area contributed by atoms with Crippen LogP contribution in [0.2, 0.25) is 0 Å². The average Bonchev–Trinajstić information content (AvgIpc) is 2.34. The first-order valence-electron chi connectivity index (χ1n) is 6.71. The molecule has 19 heavy (non-hydrogen) atoms. The van der Waals surface area contributed by atoms with Crippen molar-refractivity contribution in [2.75, 3.05) is 13.6 Å². The van der Waals surface area contributed by atoms with Crippen LogP contribution in [-0.4, -0.2) is 24.4 Å². The summed E-state index contributed by atoms with van der Waals surface area (Å²) in [6.45, 7) is 0.889. The fraction of sp³-hybridized carbons (Fsp3) is 0.533. The first-order valence-corrected chi connectivity index (χ1v) is 6.71. The van der Waals surface area contributed by atoms with E-state index in [-0.39, 0.29) is 24.4 Å². The van der Waals surface area contributed by atoms with Crippen molar-refractivity contribution in [1.82, 2.24) is 4.90 Å². The van der Waals surface area contributed by atoms with E-state index < -0.39 is 0 Å². The Morgan fingerprint density at radius 3 is 2.53 bits per heavy atom. The normalized spacial score (nSPS) is 16.1. The number of carbonyl (C=O) groups excluding carboxylic acids is 1. The number of halogens is 1. The molecule has 1 aromatic carbocycles. The van der Waals surface area contributed by atoms with Crippen molar-refractivity contribution in [2.24, 2.45) is 11.7 Å². The molecule has 0 aliphatic heterocycles. The third-order valence-corrected chi connectivity index (χ3v) is 3.80. The molecule has 4 heteroatoms. The zero-order valence-corrected chi connectivity index (χ0v) is 12.2. The van der Waals surface area contributed by atoms with Crippen molar-refractivity contribution in [3.8, 4) is 0 Å². The third kappa shape index (κ3) is 4.51. The molecule has 1 unspecified atom stereocenters. The van der Waals surface area contributed by atoms with Crippen molar-refractivity contribution < 1.29 is 4.79 Å². The Morgan fingerprint density at radius 1 is 1.37 bits per heavy atom. The quantitative estimate of drug-likeness (QED) is 0.903. The Morgan fingerprint density at radius 2 is 2.00 bits per heavy atom. The van der Waals surface area contributed by atoms with Crippen LogP contribution < -0.4 is 5.73 Å². The predicted molar refractivity (Wildman–Crippen MR) is 80.2 cm³/mol. The van der Waals surface area contributed by atoms with E-state index in [9.17, 15) is 4.79 Å². The van der Waals surface area contributed by atoms with Crippen molar-refractivity contribution in [1.29, 1.82) is 0 Å². The van der Waals surface area contributed by atoms with Crippen molar-refractivity contribution >= 4 is 18.3 Å². The highest BCUT2D eigenvalue weighted by molar-refractivity contribution is 5.85. The Kier molecular flexibility index (Phi) is 6.32. The first kappa shape index (κ1) is 16.0. The second kappa shape index (κ2) is 7.51. The van der Waals surface area contributed by atoms with Gasteiger partial charge in [-0.25, -0.2) is 0 Å². The van der Waals surface area contributed by atoms with Gasteiger partial charge in [-0.1, -0.05) is 36.8 Å². The van der Waals surface area contributed by atoms with Gasteiger partial charge in [0.1, 0.15) is 0 Å². The fourth-order valence-electron chi connectivity index (χ4n) is 2.33. The molecular weight excluding hydrogens is 260 g/mol. The Labute approximate surface area is 121 Å². The maximum atomic E-state index is 12.0. The molecule has 0 bridgehead atoms. The van der Waals surface area contributed by atoms with Gasteiger partial charge in [0, 0.05) is 26.1 Å².